The summed E-state index contributed by atoms with van der Waals surface area (Å²) >= 11 is 12.0. The number of aromatic nitrogens is 2. The largest absolute Gasteiger partial charge is 0.327 e. The number of urea groups is 1. The highest BCUT2D eigenvalue weighted by Gasteiger charge is 2.24. The van der Waals surface area contributed by atoms with Crippen molar-refractivity contribution in [1.29, 1.82) is 0 Å². The molecule has 1 aromatic carbocycles. The lowest BCUT2D eigenvalue weighted by Gasteiger charge is -2.27. The van der Waals surface area contributed by atoms with Gasteiger partial charge in [-0.1, -0.05) is 23.2 Å². The Kier molecular flexibility index (Phi) is 3.78. The summed E-state index contributed by atoms with van der Waals surface area (Å²) < 4.78 is 1.85. The van der Waals surface area contributed by atoms with Gasteiger partial charge >= 0.3 is 6.03 Å². The molecular formula is C14H14Cl2N4O. The number of hydrogen-bond donors (Lipinski definition) is 1. The third-order valence-corrected chi connectivity index (χ3v) is 3.89. The number of amides is 2. The van der Waals surface area contributed by atoms with Crippen LogP contribution in [0.4, 0.5) is 16.3 Å². The molecule has 1 aliphatic heterocycles. The van der Waals surface area contributed by atoms with Crippen LogP contribution in [0.1, 0.15) is 12.1 Å². The summed E-state index contributed by atoms with van der Waals surface area (Å²) in [6, 6.07) is 6.63. The second kappa shape index (κ2) is 5.58. The molecule has 3 rings (SSSR count). The Bertz CT molecular complexity index is 698. The smallest absolute Gasteiger partial charge is 0.306 e. The number of aryl methyl sites for hydroxylation is 2. The molecule has 0 radical (unpaired) electrons. The van der Waals surface area contributed by atoms with E-state index in [0.29, 0.717) is 22.3 Å². The normalized spacial score (nSPS) is 14.0. The van der Waals surface area contributed by atoms with E-state index in [1.165, 1.54) is 0 Å². The molecule has 1 N–H and O–H groups in total. The van der Waals surface area contributed by atoms with E-state index in [-0.39, 0.29) is 6.03 Å². The van der Waals surface area contributed by atoms with Crippen molar-refractivity contribution in [2.24, 2.45) is 0 Å². The molecule has 0 saturated carbocycles. The molecule has 2 aromatic rings. The second-order valence-electron chi connectivity index (χ2n) is 4.93. The van der Waals surface area contributed by atoms with Gasteiger partial charge < -0.3 is 5.32 Å². The number of fused-ring (bicyclic) bond motifs is 1. The van der Waals surface area contributed by atoms with Crippen LogP contribution < -0.4 is 10.2 Å². The van der Waals surface area contributed by atoms with Gasteiger partial charge in [0.2, 0.25) is 0 Å². The van der Waals surface area contributed by atoms with Crippen LogP contribution in [-0.2, 0) is 6.54 Å². The molecule has 0 saturated heterocycles. The zero-order chi connectivity index (χ0) is 15.0. The van der Waals surface area contributed by atoms with E-state index in [1.807, 2.05) is 17.7 Å². The number of nitrogens with one attached hydrogen (secondary N) is 1. The number of rotatable bonds is 1. The van der Waals surface area contributed by atoms with Crippen LogP contribution in [0.5, 0.6) is 0 Å². The van der Waals surface area contributed by atoms with Crippen LogP contribution in [0.25, 0.3) is 0 Å². The minimum atomic E-state index is -0.236. The van der Waals surface area contributed by atoms with Crippen LogP contribution in [0.15, 0.2) is 24.3 Å². The van der Waals surface area contributed by atoms with E-state index >= 15 is 0 Å². The lowest BCUT2D eigenvalue weighted by atomic mass is 10.3. The fraction of sp³-hybridized carbons (Fsp3) is 0.286. The predicted molar refractivity (Wildman–Crippen MR) is 84.4 cm³/mol. The Balaban J connectivity index is 1.85. The Morgan fingerprint density at radius 3 is 2.90 bits per heavy atom. The summed E-state index contributed by atoms with van der Waals surface area (Å²) in [7, 11) is 0. The molecule has 2 heterocycles. The zero-order valence-corrected chi connectivity index (χ0v) is 12.9. The molecule has 0 spiro atoms. The average molecular weight is 325 g/mol. The predicted octanol–water partition coefficient (Wildman–Crippen LogP) is 3.94. The van der Waals surface area contributed by atoms with Crippen molar-refractivity contribution in [1.82, 2.24) is 9.78 Å². The van der Waals surface area contributed by atoms with Crippen LogP contribution in [0.3, 0.4) is 0 Å². The first kappa shape index (κ1) is 14.2. The van der Waals surface area contributed by atoms with Crippen molar-refractivity contribution < 1.29 is 4.79 Å². The van der Waals surface area contributed by atoms with Crippen LogP contribution in [-0.4, -0.2) is 22.4 Å². The summed E-state index contributed by atoms with van der Waals surface area (Å²) in [4.78, 5) is 14.1. The van der Waals surface area contributed by atoms with Gasteiger partial charge in [-0.25, -0.2) is 9.48 Å². The van der Waals surface area contributed by atoms with Gasteiger partial charge in [-0.3, -0.25) is 4.90 Å². The molecule has 0 aliphatic carbocycles. The highest BCUT2D eigenvalue weighted by Crippen LogP contribution is 2.27. The van der Waals surface area contributed by atoms with Gasteiger partial charge in [-0.05, 0) is 31.5 Å². The maximum absolute atomic E-state index is 12.5. The van der Waals surface area contributed by atoms with Crippen molar-refractivity contribution in [3.05, 3.63) is 40.0 Å². The standard InChI is InChI=1S/C14H14Cl2N4O/c1-9-7-13-19(5-2-6-20(13)18-9)14(21)17-12-8-10(15)3-4-11(12)16/h3-4,7-8H,2,5-6H2,1H3,(H,17,21). The van der Waals surface area contributed by atoms with Gasteiger partial charge in [0.15, 0.2) is 0 Å². The number of carbonyl (C=O) groups excluding carboxylic acids is 1. The number of hydrogen-bond acceptors (Lipinski definition) is 2. The first-order valence-corrected chi connectivity index (χ1v) is 7.38. The van der Waals surface area contributed by atoms with E-state index < -0.39 is 0 Å². The van der Waals surface area contributed by atoms with Gasteiger partial charge in [0.1, 0.15) is 5.82 Å². The Morgan fingerprint density at radius 2 is 2.10 bits per heavy atom. The number of halogens is 2. The van der Waals surface area contributed by atoms with Crippen molar-refractivity contribution in [2.75, 3.05) is 16.8 Å². The fourth-order valence-corrected chi connectivity index (χ4v) is 2.73. The molecule has 0 atom stereocenters. The van der Waals surface area contributed by atoms with E-state index in [0.717, 1.165) is 24.5 Å². The third kappa shape index (κ3) is 2.84. The van der Waals surface area contributed by atoms with E-state index in [4.69, 9.17) is 23.2 Å². The molecule has 5 nitrogen and oxygen atoms in total. The highest BCUT2D eigenvalue weighted by atomic mass is 35.5. The molecule has 7 heteroatoms. The summed E-state index contributed by atoms with van der Waals surface area (Å²) in [5, 5.41) is 8.15. The van der Waals surface area contributed by atoms with E-state index in [2.05, 4.69) is 10.4 Å². The number of anilines is 2. The van der Waals surface area contributed by atoms with Gasteiger partial charge in [0.25, 0.3) is 0 Å². The minimum Gasteiger partial charge on any atom is -0.306 e. The fourth-order valence-electron chi connectivity index (χ4n) is 2.39. The highest BCUT2D eigenvalue weighted by molar-refractivity contribution is 6.35. The number of nitrogens with zero attached hydrogens (tertiary/aromatic N) is 3. The minimum absolute atomic E-state index is 0.236. The molecule has 0 unspecified atom stereocenters. The van der Waals surface area contributed by atoms with Gasteiger partial charge in [-0.2, -0.15) is 5.10 Å². The monoisotopic (exact) mass is 324 g/mol. The maximum Gasteiger partial charge on any atom is 0.327 e. The number of carbonyl (C=O) groups is 1. The van der Waals surface area contributed by atoms with E-state index in [9.17, 15) is 4.79 Å². The Hall–Kier alpha value is -1.72. The Labute approximate surface area is 132 Å². The number of benzene rings is 1. The molecule has 110 valence electrons. The van der Waals surface area contributed by atoms with E-state index in [1.54, 1.807) is 23.1 Å². The summed E-state index contributed by atoms with van der Waals surface area (Å²) in [5.74, 6) is 0.800. The molecule has 1 aromatic heterocycles. The lowest BCUT2D eigenvalue weighted by molar-refractivity contribution is 0.255. The first-order chi connectivity index (χ1) is 10.0. The zero-order valence-electron chi connectivity index (χ0n) is 11.4. The van der Waals surface area contributed by atoms with Crippen molar-refractivity contribution in [3.8, 4) is 0 Å². The second-order valence-corrected chi connectivity index (χ2v) is 5.77. The lowest BCUT2D eigenvalue weighted by Crippen LogP contribution is -2.40. The van der Waals surface area contributed by atoms with Gasteiger partial charge in [0.05, 0.1) is 16.4 Å². The molecule has 2 amide bonds. The maximum atomic E-state index is 12.5. The average Bonchev–Trinajstić information content (AvgIpc) is 2.82. The topological polar surface area (TPSA) is 50.2 Å². The van der Waals surface area contributed by atoms with Crippen LogP contribution >= 0.6 is 23.2 Å². The van der Waals surface area contributed by atoms with Gasteiger partial charge in [-0.15, -0.1) is 0 Å². The third-order valence-electron chi connectivity index (χ3n) is 3.32. The SMILES string of the molecule is Cc1cc2n(n1)CCCN2C(=O)Nc1cc(Cl)ccc1Cl. The molecule has 0 bridgehead atoms. The summed E-state index contributed by atoms with van der Waals surface area (Å²) in [5.41, 5.74) is 1.40. The summed E-state index contributed by atoms with van der Waals surface area (Å²) in [6.07, 6.45) is 0.866. The summed E-state index contributed by atoms with van der Waals surface area (Å²) in [6.45, 7) is 3.38. The molecular weight excluding hydrogens is 311 g/mol. The van der Waals surface area contributed by atoms with Crippen molar-refractivity contribution >= 4 is 40.7 Å². The van der Waals surface area contributed by atoms with Crippen LogP contribution in [0.2, 0.25) is 10.0 Å². The van der Waals surface area contributed by atoms with Crippen molar-refractivity contribution in [3.63, 3.8) is 0 Å². The quantitative estimate of drug-likeness (QED) is 0.863. The van der Waals surface area contributed by atoms with Gasteiger partial charge in [0, 0.05) is 24.2 Å². The molecule has 0 fully saturated rings. The molecule has 1 aliphatic rings. The van der Waals surface area contributed by atoms with Crippen LogP contribution in [0, 0.1) is 6.92 Å². The first-order valence-electron chi connectivity index (χ1n) is 6.62. The Morgan fingerprint density at radius 1 is 1.29 bits per heavy atom. The van der Waals surface area contributed by atoms with Crippen molar-refractivity contribution in [2.45, 2.75) is 19.9 Å². The molecule has 21 heavy (non-hydrogen) atoms.